The lowest BCUT2D eigenvalue weighted by Gasteiger charge is -2.11. The summed E-state index contributed by atoms with van der Waals surface area (Å²) in [4.78, 5) is 25.2. The molecular formula is C17H16F2N2O2S2. The van der Waals surface area contributed by atoms with Gasteiger partial charge in [-0.05, 0) is 43.4 Å². The number of hydrogen-bond acceptors (Lipinski definition) is 4. The van der Waals surface area contributed by atoms with E-state index in [0.717, 1.165) is 60.0 Å². The smallest absolute Gasteiger partial charge is 0.251 e. The summed E-state index contributed by atoms with van der Waals surface area (Å²) in [6.07, 6.45) is 3.72. The molecule has 0 saturated carbocycles. The van der Waals surface area contributed by atoms with E-state index in [1.165, 1.54) is 17.4 Å². The second-order valence-electron chi connectivity index (χ2n) is 5.69. The van der Waals surface area contributed by atoms with Crippen molar-refractivity contribution in [3.8, 4) is 0 Å². The van der Waals surface area contributed by atoms with E-state index >= 15 is 0 Å². The molecule has 2 aromatic rings. The molecule has 8 heteroatoms. The van der Waals surface area contributed by atoms with Crippen molar-refractivity contribution in [2.45, 2.75) is 30.6 Å². The molecule has 0 bridgehead atoms. The Morgan fingerprint density at radius 2 is 2.00 bits per heavy atom. The highest BCUT2D eigenvalue weighted by molar-refractivity contribution is 8.00. The van der Waals surface area contributed by atoms with Crippen LogP contribution in [0, 0.1) is 11.6 Å². The van der Waals surface area contributed by atoms with Gasteiger partial charge in [0.2, 0.25) is 5.91 Å². The van der Waals surface area contributed by atoms with Gasteiger partial charge in [-0.2, -0.15) is 0 Å². The molecule has 0 radical (unpaired) electrons. The summed E-state index contributed by atoms with van der Waals surface area (Å²) in [5.74, 6) is -2.34. The Balaban J connectivity index is 1.70. The summed E-state index contributed by atoms with van der Waals surface area (Å²) in [7, 11) is 0. The minimum absolute atomic E-state index is 0.0523. The molecule has 132 valence electrons. The third-order valence-corrected chi connectivity index (χ3v) is 6.18. The van der Waals surface area contributed by atoms with Crippen LogP contribution in [0.1, 0.15) is 33.6 Å². The average Bonchev–Trinajstić information content (AvgIpc) is 2.91. The van der Waals surface area contributed by atoms with Crippen LogP contribution in [0.25, 0.3) is 0 Å². The maximum absolute atomic E-state index is 13.6. The quantitative estimate of drug-likeness (QED) is 0.774. The molecule has 3 rings (SSSR count). The second kappa shape index (κ2) is 7.53. The van der Waals surface area contributed by atoms with Crippen molar-refractivity contribution >= 4 is 39.9 Å². The number of hydrogen-bond donors (Lipinski definition) is 2. The number of carbonyl (C=O) groups is 2. The zero-order chi connectivity index (χ0) is 18.0. The summed E-state index contributed by atoms with van der Waals surface area (Å²) in [5, 5.41) is 3.17. The summed E-state index contributed by atoms with van der Waals surface area (Å²) < 4.78 is 26.5. The van der Waals surface area contributed by atoms with Crippen molar-refractivity contribution in [1.82, 2.24) is 0 Å². The van der Waals surface area contributed by atoms with E-state index in [1.54, 1.807) is 0 Å². The van der Waals surface area contributed by atoms with E-state index in [2.05, 4.69) is 5.32 Å². The molecule has 0 atom stereocenters. The van der Waals surface area contributed by atoms with E-state index in [1.807, 2.05) is 0 Å². The van der Waals surface area contributed by atoms with Gasteiger partial charge >= 0.3 is 0 Å². The molecule has 0 aliphatic heterocycles. The predicted octanol–water partition coefficient (Wildman–Crippen LogP) is 3.73. The van der Waals surface area contributed by atoms with Crippen LogP contribution >= 0.6 is 23.1 Å². The lowest BCUT2D eigenvalue weighted by Crippen LogP contribution is -2.19. The Kier molecular flexibility index (Phi) is 5.39. The molecule has 0 unspecified atom stereocenters. The molecule has 1 aliphatic carbocycles. The summed E-state index contributed by atoms with van der Waals surface area (Å²) in [5.41, 5.74) is 6.82. The number of rotatable bonds is 5. The molecular weight excluding hydrogens is 366 g/mol. The molecule has 1 heterocycles. The normalized spacial score (nSPS) is 13.4. The monoisotopic (exact) mass is 382 g/mol. The van der Waals surface area contributed by atoms with Crippen LogP contribution in [0.2, 0.25) is 0 Å². The fourth-order valence-electron chi connectivity index (χ4n) is 2.81. The van der Waals surface area contributed by atoms with Crippen molar-refractivity contribution in [3.63, 3.8) is 0 Å². The van der Waals surface area contributed by atoms with E-state index in [9.17, 15) is 18.4 Å². The number of benzene rings is 1. The molecule has 2 amide bonds. The Bertz CT molecular complexity index is 836. The van der Waals surface area contributed by atoms with E-state index in [0.29, 0.717) is 10.6 Å². The van der Waals surface area contributed by atoms with Crippen LogP contribution in [0.4, 0.5) is 13.8 Å². The van der Waals surface area contributed by atoms with Gasteiger partial charge in [0.1, 0.15) is 16.6 Å². The Morgan fingerprint density at radius 3 is 2.72 bits per heavy atom. The summed E-state index contributed by atoms with van der Waals surface area (Å²) >= 11 is 2.35. The highest BCUT2D eigenvalue weighted by atomic mass is 32.2. The summed E-state index contributed by atoms with van der Waals surface area (Å²) in [6.45, 7) is 0. The third-order valence-electron chi connectivity index (χ3n) is 3.92. The zero-order valence-corrected chi connectivity index (χ0v) is 14.9. The van der Waals surface area contributed by atoms with Gasteiger partial charge in [-0.3, -0.25) is 9.59 Å². The molecule has 0 saturated heterocycles. The molecule has 1 aromatic heterocycles. The van der Waals surface area contributed by atoms with Gasteiger partial charge < -0.3 is 11.1 Å². The topological polar surface area (TPSA) is 72.2 Å². The van der Waals surface area contributed by atoms with E-state index < -0.39 is 17.5 Å². The number of fused-ring (bicyclic) bond motifs is 1. The minimum Gasteiger partial charge on any atom is -0.365 e. The number of primary amides is 1. The van der Waals surface area contributed by atoms with Crippen LogP contribution in [0.15, 0.2) is 23.1 Å². The van der Waals surface area contributed by atoms with Gasteiger partial charge in [-0.1, -0.05) is 0 Å². The van der Waals surface area contributed by atoms with Gasteiger partial charge in [0.15, 0.2) is 0 Å². The van der Waals surface area contributed by atoms with E-state index in [-0.39, 0.29) is 16.6 Å². The van der Waals surface area contributed by atoms with Gasteiger partial charge in [0.25, 0.3) is 5.91 Å². The number of nitrogens with one attached hydrogen (secondary N) is 1. The third kappa shape index (κ3) is 4.01. The van der Waals surface area contributed by atoms with Crippen LogP contribution in [0.5, 0.6) is 0 Å². The number of nitrogens with two attached hydrogens (primary N) is 1. The van der Waals surface area contributed by atoms with E-state index in [4.69, 9.17) is 5.73 Å². The molecule has 0 fully saturated rings. The maximum atomic E-state index is 13.6. The lowest BCUT2D eigenvalue weighted by atomic mass is 9.95. The fourth-order valence-corrected chi connectivity index (χ4v) is 4.84. The molecule has 1 aliphatic rings. The standard InChI is InChI=1S/C17H16F2N2O2S2/c18-9-5-6-13(11(19)7-9)24-8-14(22)21-17-15(16(20)23)10-3-1-2-4-12(10)25-17/h5-7H,1-4,8H2,(H2,20,23)(H,21,22). The first-order valence-electron chi connectivity index (χ1n) is 7.77. The molecule has 0 spiro atoms. The van der Waals surface area contributed by atoms with Gasteiger partial charge in [0.05, 0.1) is 11.3 Å². The molecule has 4 nitrogen and oxygen atoms in total. The Morgan fingerprint density at radius 1 is 1.24 bits per heavy atom. The number of thioether (sulfide) groups is 1. The van der Waals surface area contributed by atoms with Crippen molar-refractivity contribution in [2.24, 2.45) is 5.73 Å². The lowest BCUT2D eigenvalue weighted by molar-refractivity contribution is -0.113. The predicted molar refractivity (Wildman–Crippen MR) is 95.2 cm³/mol. The molecule has 3 N–H and O–H groups in total. The average molecular weight is 382 g/mol. The maximum Gasteiger partial charge on any atom is 0.251 e. The number of amides is 2. The van der Waals surface area contributed by atoms with Crippen LogP contribution in [-0.4, -0.2) is 17.6 Å². The van der Waals surface area contributed by atoms with Crippen LogP contribution in [-0.2, 0) is 17.6 Å². The molecule has 25 heavy (non-hydrogen) atoms. The first-order valence-corrected chi connectivity index (χ1v) is 9.58. The minimum atomic E-state index is -0.706. The van der Waals surface area contributed by atoms with Crippen LogP contribution < -0.4 is 11.1 Å². The summed E-state index contributed by atoms with van der Waals surface area (Å²) in [6, 6.07) is 3.21. The SMILES string of the molecule is NC(=O)c1c(NC(=O)CSc2ccc(F)cc2F)sc2c1CCCC2. The van der Waals surface area contributed by atoms with Crippen LogP contribution in [0.3, 0.4) is 0 Å². The Labute approximate surface area is 151 Å². The fraction of sp³-hybridized carbons (Fsp3) is 0.294. The van der Waals surface area contributed by atoms with Crippen molar-refractivity contribution in [2.75, 3.05) is 11.1 Å². The first kappa shape index (κ1) is 17.9. The zero-order valence-electron chi connectivity index (χ0n) is 13.2. The number of carbonyl (C=O) groups excluding carboxylic acids is 2. The highest BCUT2D eigenvalue weighted by Crippen LogP contribution is 2.38. The number of aryl methyl sites for hydroxylation is 1. The van der Waals surface area contributed by atoms with Crippen molar-refractivity contribution in [1.29, 1.82) is 0 Å². The van der Waals surface area contributed by atoms with Gasteiger partial charge in [-0.25, -0.2) is 8.78 Å². The highest BCUT2D eigenvalue weighted by Gasteiger charge is 2.25. The Hall–Kier alpha value is -1.93. The molecule has 1 aromatic carbocycles. The van der Waals surface area contributed by atoms with Gasteiger partial charge in [0, 0.05) is 15.8 Å². The second-order valence-corrected chi connectivity index (χ2v) is 7.81. The van der Waals surface area contributed by atoms with Crippen molar-refractivity contribution < 1.29 is 18.4 Å². The number of thiophene rings is 1. The van der Waals surface area contributed by atoms with Crippen molar-refractivity contribution in [3.05, 3.63) is 45.8 Å². The number of anilines is 1. The number of halogens is 2. The van der Waals surface area contributed by atoms with Gasteiger partial charge in [-0.15, -0.1) is 23.1 Å². The first-order chi connectivity index (χ1) is 12.0. The largest absolute Gasteiger partial charge is 0.365 e.